The number of hydrogen-bond donors (Lipinski definition) is 2. The van der Waals surface area contributed by atoms with Crippen LogP contribution in [0.25, 0.3) is 10.9 Å². The van der Waals surface area contributed by atoms with Gasteiger partial charge in [0.1, 0.15) is 5.82 Å². The number of anilines is 3. The Kier molecular flexibility index (Phi) is 7.59. The van der Waals surface area contributed by atoms with Gasteiger partial charge in [-0.2, -0.15) is 4.98 Å². The van der Waals surface area contributed by atoms with Crippen molar-refractivity contribution in [3.8, 4) is 17.4 Å². The van der Waals surface area contributed by atoms with Crippen molar-refractivity contribution in [1.82, 2.24) is 19.9 Å². The number of morpholine rings is 1. The summed E-state index contributed by atoms with van der Waals surface area (Å²) in [5, 5.41) is 7.56. The molecular formula is C23H30N6O4. The summed E-state index contributed by atoms with van der Waals surface area (Å²) in [5.74, 6) is 2.97. The smallest absolute Gasteiger partial charge is 0.229 e. The zero-order valence-electron chi connectivity index (χ0n) is 19.3. The molecule has 3 aromatic rings. The van der Waals surface area contributed by atoms with E-state index >= 15 is 0 Å². The van der Waals surface area contributed by atoms with Gasteiger partial charge in [-0.3, -0.25) is 4.90 Å². The molecule has 1 fully saturated rings. The minimum Gasteiger partial charge on any atom is -0.493 e. The van der Waals surface area contributed by atoms with Gasteiger partial charge in [-0.1, -0.05) is 0 Å². The second-order valence-electron chi connectivity index (χ2n) is 7.57. The number of aromatic nitrogens is 3. The molecule has 4 rings (SSSR count). The minimum absolute atomic E-state index is 0.456. The van der Waals surface area contributed by atoms with Crippen molar-refractivity contribution in [2.45, 2.75) is 6.42 Å². The van der Waals surface area contributed by atoms with Crippen LogP contribution in [-0.4, -0.2) is 80.6 Å². The van der Waals surface area contributed by atoms with Crippen molar-refractivity contribution in [3.05, 3.63) is 30.5 Å². The molecule has 1 aromatic carbocycles. The average Bonchev–Trinajstić information content (AvgIpc) is 2.86. The summed E-state index contributed by atoms with van der Waals surface area (Å²) in [4.78, 5) is 16.1. The zero-order valence-corrected chi connectivity index (χ0v) is 19.3. The van der Waals surface area contributed by atoms with E-state index < -0.39 is 0 Å². The Labute approximate surface area is 193 Å². The van der Waals surface area contributed by atoms with Gasteiger partial charge >= 0.3 is 0 Å². The lowest BCUT2D eigenvalue weighted by Gasteiger charge is -2.26. The lowest BCUT2D eigenvalue weighted by atomic mass is 10.2. The van der Waals surface area contributed by atoms with Crippen LogP contribution in [0.5, 0.6) is 17.4 Å². The summed E-state index contributed by atoms with van der Waals surface area (Å²) in [5.41, 5.74) is 1.50. The highest BCUT2D eigenvalue weighted by atomic mass is 16.5. The number of nitrogens with zero attached hydrogens (tertiary/aromatic N) is 4. The third-order valence-corrected chi connectivity index (χ3v) is 5.45. The largest absolute Gasteiger partial charge is 0.493 e. The van der Waals surface area contributed by atoms with Crippen molar-refractivity contribution in [3.63, 3.8) is 0 Å². The SMILES string of the molecule is COc1ccc(Nc2nc(NCCCN3CCOCC3)c3cc(OC)c(OC)cc3n2)cn1. The van der Waals surface area contributed by atoms with E-state index in [0.717, 1.165) is 68.2 Å². The summed E-state index contributed by atoms with van der Waals surface area (Å²) in [7, 11) is 4.81. The summed E-state index contributed by atoms with van der Waals surface area (Å²) < 4.78 is 21.5. The van der Waals surface area contributed by atoms with Crippen molar-refractivity contribution < 1.29 is 18.9 Å². The van der Waals surface area contributed by atoms with E-state index in [-0.39, 0.29) is 0 Å². The standard InChI is InChI=1S/C23H30N6O4/c1-30-19-13-17-18(14-20(19)31-2)27-23(26-16-5-6-21(32-3)25-15-16)28-22(17)24-7-4-8-29-9-11-33-12-10-29/h5-6,13-15H,4,7-12H2,1-3H3,(H2,24,26,27,28). The molecule has 1 saturated heterocycles. The molecule has 0 radical (unpaired) electrons. The Morgan fingerprint density at radius 3 is 2.48 bits per heavy atom. The molecule has 0 saturated carbocycles. The first-order valence-corrected chi connectivity index (χ1v) is 10.9. The van der Waals surface area contributed by atoms with Crippen LogP contribution in [0, 0.1) is 0 Å². The van der Waals surface area contributed by atoms with Gasteiger partial charge in [-0.05, 0) is 25.1 Å². The van der Waals surface area contributed by atoms with Crippen LogP contribution in [0.15, 0.2) is 30.5 Å². The fraction of sp³-hybridized carbons (Fsp3) is 0.435. The molecule has 0 aliphatic carbocycles. The first-order chi connectivity index (χ1) is 16.2. The molecule has 2 aromatic heterocycles. The molecule has 0 amide bonds. The van der Waals surface area contributed by atoms with E-state index in [0.29, 0.717) is 23.3 Å². The maximum Gasteiger partial charge on any atom is 0.229 e. The average molecular weight is 455 g/mol. The predicted molar refractivity (Wildman–Crippen MR) is 127 cm³/mol. The number of pyridine rings is 1. The molecule has 1 aliphatic heterocycles. The number of nitrogens with one attached hydrogen (secondary N) is 2. The highest BCUT2D eigenvalue weighted by molar-refractivity contribution is 5.93. The topological polar surface area (TPSA) is 103 Å². The first-order valence-electron chi connectivity index (χ1n) is 10.9. The summed E-state index contributed by atoms with van der Waals surface area (Å²) >= 11 is 0. The second kappa shape index (κ2) is 11.0. The van der Waals surface area contributed by atoms with Crippen molar-refractivity contribution in [1.29, 1.82) is 0 Å². The van der Waals surface area contributed by atoms with Crippen LogP contribution in [0.4, 0.5) is 17.5 Å². The number of methoxy groups -OCH3 is 3. The van der Waals surface area contributed by atoms with Crippen LogP contribution in [-0.2, 0) is 4.74 Å². The molecular weight excluding hydrogens is 424 g/mol. The molecule has 0 unspecified atom stereocenters. The van der Waals surface area contributed by atoms with E-state index in [2.05, 4.69) is 25.5 Å². The van der Waals surface area contributed by atoms with E-state index in [9.17, 15) is 0 Å². The van der Waals surface area contributed by atoms with Crippen LogP contribution in [0.3, 0.4) is 0 Å². The predicted octanol–water partition coefficient (Wildman–Crippen LogP) is 2.93. The highest BCUT2D eigenvalue weighted by Crippen LogP contribution is 2.35. The Morgan fingerprint density at radius 1 is 1.00 bits per heavy atom. The van der Waals surface area contributed by atoms with Crippen LogP contribution >= 0.6 is 0 Å². The van der Waals surface area contributed by atoms with E-state index in [1.165, 1.54) is 0 Å². The number of fused-ring (bicyclic) bond motifs is 1. The van der Waals surface area contributed by atoms with E-state index in [4.69, 9.17) is 23.9 Å². The normalized spacial score (nSPS) is 14.2. The fourth-order valence-electron chi connectivity index (χ4n) is 3.68. The zero-order chi connectivity index (χ0) is 23.0. The molecule has 0 bridgehead atoms. The number of ether oxygens (including phenoxy) is 4. The summed E-state index contributed by atoms with van der Waals surface area (Å²) in [6, 6.07) is 7.40. The van der Waals surface area contributed by atoms with Gasteiger partial charge in [0.05, 0.1) is 51.9 Å². The van der Waals surface area contributed by atoms with Crippen LogP contribution in [0.1, 0.15) is 6.42 Å². The van der Waals surface area contributed by atoms with Gasteiger partial charge in [-0.25, -0.2) is 9.97 Å². The van der Waals surface area contributed by atoms with Gasteiger partial charge in [0.2, 0.25) is 11.8 Å². The molecule has 33 heavy (non-hydrogen) atoms. The Hall–Kier alpha value is -3.37. The first kappa shape index (κ1) is 22.8. The van der Waals surface area contributed by atoms with Crippen molar-refractivity contribution in [2.75, 3.05) is 71.4 Å². The minimum atomic E-state index is 0.456. The number of hydrogen-bond acceptors (Lipinski definition) is 10. The van der Waals surface area contributed by atoms with E-state index in [1.807, 2.05) is 18.2 Å². The molecule has 10 heteroatoms. The van der Waals surface area contributed by atoms with E-state index in [1.54, 1.807) is 33.6 Å². The van der Waals surface area contributed by atoms with Crippen LogP contribution in [0.2, 0.25) is 0 Å². The lowest BCUT2D eigenvalue weighted by Crippen LogP contribution is -2.37. The lowest BCUT2D eigenvalue weighted by molar-refractivity contribution is 0.0378. The van der Waals surface area contributed by atoms with Gasteiger partial charge in [0.15, 0.2) is 11.5 Å². The van der Waals surface area contributed by atoms with Crippen LogP contribution < -0.4 is 24.8 Å². The molecule has 3 heterocycles. The number of rotatable bonds is 10. The molecule has 10 nitrogen and oxygen atoms in total. The van der Waals surface area contributed by atoms with Gasteiger partial charge < -0.3 is 29.6 Å². The maximum absolute atomic E-state index is 5.49. The molecule has 0 atom stereocenters. The fourth-order valence-corrected chi connectivity index (χ4v) is 3.68. The second-order valence-corrected chi connectivity index (χ2v) is 7.57. The quantitative estimate of drug-likeness (QED) is 0.445. The molecule has 1 aliphatic rings. The summed E-state index contributed by atoms with van der Waals surface area (Å²) in [6.45, 7) is 5.37. The molecule has 176 valence electrons. The highest BCUT2D eigenvalue weighted by Gasteiger charge is 2.14. The Balaban J connectivity index is 1.56. The Morgan fingerprint density at radius 2 is 1.79 bits per heavy atom. The van der Waals surface area contributed by atoms with Crippen molar-refractivity contribution >= 4 is 28.4 Å². The summed E-state index contributed by atoms with van der Waals surface area (Å²) in [6.07, 6.45) is 2.67. The Bertz CT molecular complexity index is 1060. The molecule has 2 N–H and O–H groups in total. The van der Waals surface area contributed by atoms with Gasteiger partial charge in [0.25, 0.3) is 0 Å². The maximum atomic E-state index is 5.49. The number of benzene rings is 1. The van der Waals surface area contributed by atoms with Gasteiger partial charge in [-0.15, -0.1) is 0 Å². The molecule has 0 spiro atoms. The third kappa shape index (κ3) is 5.71. The van der Waals surface area contributed by atoms with Crippen molar-refractivity contribution in [2.24, 2.45) is 0 Å². The van der Waals surface area contributed by atoms with Gasteiger partial charge in [0, 0.05) is 37.2 Å². The third-order valence-electron chi connectivity index (χ3n) is 5.45. The monoisotopic (exact) mass is 454 g/mol.